The van der Waals surface area contributed by atoms with E-state index in [0.717, 1.165) is 35.9 Å². The van der Waals surface area contributed by atoms with E-state index < -0.39 is 0 Å². The number of hydrogen-bond acceptors (Lipinski definition) is 4. The highest BCUT2D eigenvalue weighted by Crippen LogP contribution is 2.35. The minimum atomic E-state index is 0.339. The van der Waals surface area contributed by atoms with Crippen LogP contribution in [0.15, 0.2) is 36.7 Å². The number of hydrogen-bond donors (Lipinski definition) is 0. The lowest BCUT2D eigenvalue weighted by Crippen LogP contribution is -2.25. The molecule has 1 aliphatic rings. The van der Waals surface area contributed by atoms with Gasteiger partial charge in [-0.3, -0.25) is 0 Å². The van der Waals surface area contributed by atoms with E-state index in [1.165, 1.54) is 12.1 Å². The van der Waals surface area contributed by atoms with Crippen molar-refractivity contribution in [3.63, 3.8) is 0 Å². The fraction of sp³-hybridized carbons (Fsp3) is 0.353. The second-order valence-electron chi connectivity index (χ2n) is 5.87. The van der Waals surface area contributed by atoms with E-state index in [-0.39, 0.29) is 0 Å². The molecule has 0 amide bonds. The molecule has 0 N–H and O–H groups in total. The Morgan fingerprint density at radius 1 is 1.14 bits per heavy atom. The van der Waals surface area contributed by atoms with Gasteiger partial charge in [0.1, 0.15) is 17.3 Å². The van der Waals surface area contributed by atoms with E-state index >= 15 is 0 Å². The van der Waals surface area contributed by atoms with Crippen molar-refractivity contribution < 1.29 is 0 Å². The van der Waals surface area contributed by atoms with Crippen LogP contribution in [0.25, 0.3) is 5.65 Å². The summed E-state index contributed by atoms with van der Waals surface area (Å²) in [5.41, 5.74) is 3.35. The zero-order valence-electron chi connectivity index (χ0n) is 12.9. The predicted octanol–water partition coefficient (Wildman–Crippen LogP) is 3.08. The lowest BCUT2D eigenvalue weighted by Gasteiger charge is -2.26. The summed E-state index contributed by atoms with van der Waals surface area (Å²) in [7, 11) is 0. The number of anilines is 1. The van der Waals surface area contributed by atoms with E-state index in [1.54, 1.807) is 0 Å². The smallest absolute Gasteiger partial charge is 0.137 e. The third kappa shape index (κ3) is 2.13. The van der Waals surface area contributed by atoms with Gasteiger partial charge in [0.2, 0.25) is 0 Å². The van der Waals surface area contributed by atoms with Crippen molar-refractivity contribution >= 4 is 11.5 Å². The van der Waals surface area contributed by atoms with E-state index in [1.807, 2.05) is 26.1 Å². The molecule has 3 aromatic heterocycles. The maximum Gasteiger partial charge on any atom is 0.137 e. The summed E-state index contributed by atoms with van der Waals surface area (Å²) in [6.07, 6.45) is 6.28. The van der Waals surface area contributed by atoms with Gasteiger partial charge < -0.3 is 9.30 Å². The number of rotatable bonds is 2. The summed E-state index contributed by atoms with van der Waals surface area (Å²) in [6, 6.07) is 8.70. The predicted molar refractivity (Wildman–Crippen MR) is 86.0 cm³/mol. The van der Waals surface area contributed by atoms with E-state index in [2.05, 4.69) is 48.6 Å². The molecule has 0 bridgehead atoms. The van der Waals surface area contributed by atoms with Gasteiger partial charge in [0.05, 0.1) is 11.7 Å². The van der Waals surface area contributed by atoms with Gasteiger partial charge in [-0.2, -0.15) is 0 Å². The normalized spacial score (nSPS) is 18.3. The lowest BCUT2D eigenvalue weighted by atomic mass is 10.1. The first-order valence-electron chi connectivity index (χ1n) is 7.73. The average molecular weight is 293 g/mol. The Bertz CT molecular complexity index is 823. The van der Waals surface area contributed by atoms with Gasteiger partial charge in [0.15, 0.2) is 0 Å². The van der Waals surface area contributed by atoms with Crippen molar-refractivity contribution in [1.29, 1.82) is 0 Å². The Kier molecular flexibility index (Phi) is 3.06. The summed E-state index contributed by atoms with van der Waals surface area (Å²) < 4.78 is 2.21. The number of aromatic nitrogens is 4. The van der Waals surface area contributed by atoms with Gasteiger partial charge in [0, 0.05) is 24.6 Å². The molecule has 22 heavy (non-hydrogen) atoms. The molecular weight excluding hydrogens is 274 g/mol. The third-order valence-electron chi connectivity index (χ3n) is 4.29. The Balaban J connectivity index is 1.80. The van der Waals surface area contributed by atoms with Crippen molar-refractivity contribution in [3.8, 4) is 0 Å². The van der Waals surface area contributed by atoms with Crippen LogP contribution in [-0.2, 0) is 0 Å². The molecule has 5 nitrogen and oxygen atoms in total. The van der Waals surface area contributed by atoms with Crippen LogP contribution < -0.4 is 4.90 Å². The van der Waals surface area contributed by atoms with Gasteiger partial charge in [-0.25, -0.2) is 15.0 Å². The van der Waals surface area contributed by atoms with Crippen LogP contribution in [-0.4, -0.2) is 25.9 Å². The van der Waals surface area contributed by atoms with Crippen LogP contribution in [0.2, 0.25) is 0 Å². The molecule has 0 unspecified atom stereocenters. The fourth-order valence-corrected chi connectivity index (χ4v) is 3.38. The van der Waals surface area contributed by atoms with E-state index in [9.17, 15) is 0 Å². The van der Waals surface area contributed by atoms with Crippen molar-refractivity contribution in [2.75, 3.05) is 11.4 Å². The number of pyridine rings is 1. The zero-order chi connectivity index (χ0) is 15.1. The molecule has 112 valence electrons. The second-order valence-corrected chi connectivity index (χ2v) is 5.87. The number of nitrogens with zero attached hydrogens (tertiary/aromatic N) is 5. The van der Waals surface area contributed by atoms with Crippen molar-refractivity contribution in [3.05, 3.63) is 53.9 Å². The van der Waals surface area contributed by atoms with Crippen LogP contribution >= 0.6 is 0 Å². The Morgan fingerprint density at radius 2 is 2.05 bits per heavy atom. The highest BCUT2D eigenvalue weighted by Gasteiger charge is 2.29. The van der Waals surface area contributed by atoms with Crippen LogP contribution in [0.4, 0.5) is 5.82 Å². The monoisotopic (exact) mass is 293 g/mol. The van der Waals surface area contributed by atoms with Crippen LogP contribution in [0.1, 0.15) is 36.1 Å². The van der Waals surface area contributed by atoms with Gasteiger partial charge in [-0.15, -0.1) is 0 Å². The Hall–Kier alpha value is -2.43. The maximum absolute atomic E-state index is 4.61. The minimum absolute atomic E-state index is 0.339. The molecule has 5 heteroatoms. The topological polar surface area (TPSA) is 46.3 Å². The van der Waals surface area contributed by atoms with Crippen LogP contribution in [0.5, 0.6) is 0 Å². The quantitative estimate of drug-likeness (QED) is 0.728. The van der Waals surface area contributed by atoms with Gasteiger partial charge >= 0.3 is 0 Å². The highest BCUT2D eigenvalue weighted by molar-refractivity contribution is 5.47. The Labute approximate surface area is 129 Å². The zero-order valence-corrected chi connectivity index (χ0v) is 12.9. The Morgan fingerprint density at radius 3 is 2.91 bits per heavy atom. The van der Waals surface area contributed by atoms with Gasteiger partial charge in [0.25, 0.3) is 0 Å². The van der Waals surface area contributed by atoms with Gasteiger partial charge in [-0.05, 0) is 44.9 Å². The number of aryl methyl sites for hydroxylation is 2. The van der Waals surface area contributed by atoms with E-state index in [0.29, 0.717) is 6.04 Å². The number of fused-ring (bicyclic) bond motifs is 1. The molecule has 0 aromatic carbocycles. The second kappa shape index (κ2) is 5.09. The molecule has 4 rings (SSSR count). The van der Waals surface area contributed by atoms with Crippen molar-refractivity contribution in [1.82, 2.24) is 19.4 Å². The lowest BCUT2D eigenvalue weighted by molar-refractivity contribution is 0.675. The highest BCUT2D eigenvalue weighted by atomic mass is 15.2. The standard InChI is InChI=1S/C17H19N5/c1-12-11-22-15(5-3-7-16(22)19-12)14-6-4-10-21(14)17-8-9-18-13(2)20-17/h3,5,7-9,11,14H,4,6,10H2,1-2H3/t14-/m0/s1. The van der Waals surface area contributed by atoms with Crippen molar-refractivity contribution in [2.24, 2.45) is 0 Å². The molecule has 0 aliphatic carbocycles. The first kappa shape index (κ1) is 13.2. The summed E-state index contributed by atoms with van der Waals surface area (Å²) in [5, 5.41) is 0. The van der Waals surface area contributed by atoms with E-state index in [4.69, 9.17) is 0 Å². The maximum atomic E-state index is 4.61. The number of imidazole rings is 1. The summed E-state index contributed by atoms with van der Waals surface area (Å²) in [5.74, 6) is 1.84. The molecule has 1 atom stereocenters. The van der Waals surface area contributed by atoms with Crippen LogP contribution in [0.3, 0.4) is 0 Å². The van der Waals surface area contributed by atoms with Gasteiger partial charge in [-0.1, -0.05) is 6.07 Å². The SMILES string of the molecule is Cc1cn2c([C@@H]3CCCN3c3ccnc(C)n3)cccc2n1. The molecule has 1 fully saturated rings. The third-order valence-corrected chi connectivity index (χ3v) is 4.29. The molecule has 4 heterocycles. The molecule has 0 radical (unpaired) electrons. The molecule has 3 aromatic rings. The molecule has 1 aliphatic heterocycles. The molecular formula is C17H19N5. The molecule has 1 saturated heterocycles. The molecule has 0 saturated carbocycles. The molecule has 0 spiro atoms. The summed E-state index contributed by atoms with van der Waals surface area (Å²) >= 11 is 0. The van der Waals surface area contributed by atoms with Crippen molar-refractivity contribution in [2.45, 2.75) is 32.7 Å². The summed E-state index contributed by atoms with van der Waals surface area (Å²) in [4.78, 5) is 15.8. The summed E-state index contributed by atoms with van der Waals surface area (Å²) in [6.45, 7) is 5.01. The first-order chi connectivity index (χ1) is 10.7. The largest absolute Gasteiger partial charge is 0.348 e. The van der Waals surface area contributed by atoms with Crippen LogP contribution in [0, 0.1) is 13.8 Å². The fourth-order valence-electron chi connectivity index (χ4n) is 3.38. The minimum Gasteiger partial charge on any atom is -0.348 e. The average Bonchev–Trinajstić information content (AvgIpc) is 3.11. The first-order valence-corrected chi connectivity index (χ1v) is 7.73.